The summed E-state index contributed by atoms with van der Waals surface area (Å²) in [5, 5.41) is 2.59. The lowest BCUT2D eigenvalue weighted by atomic mass is 9.96. The summed E-state index contributed by atoms with van der Waals surface area (Å²) < 4.78 is 17.2. The van der Waals surface area contributed by atoms with E-state index in [0.717, 1.165) is 32.3 Å². The largest absolute Gasteiger partial charge is 0.377 e. The maximum absolute atomic E-state index is 11.6. The Bertz CT molecular complexity index is 420. The first-order valence-electron chi connectivity index (χ1n) is 8.85. The standard InChI is InChI=1S/C19H33NO4/c1-15-12-16(2)19(24-14-18(21)20-3)17(22-4)10-8-6-5-7-9-11-23-13-15/h8,10,12,16-17,19H,5-7,9,11,13-14H2,1-4H3,(H,20,21)/b10-8+,15-12-/t16-,17+,19+/m1/s1. The zero-order valence-electron chi connectivity index (χ0n) is 15.5. The van der Waals surface area contributed by atoms with Crippen LogP contribution >= 0.6 is 0 Å². The van der Waals surface area contributed by atoms with Gasteiger partial charge in [0.1, 0.15) is 12.7 Å². The number of carbonyl (C=O) groups excluding carboxylic acids is 1. The Morgan fingerprint density at radius 2 is 2.17 bits per heavy atom. The minimum Gasteiger partial charge on any atom is -0.377 e. The predicted molar refractivity (Wildman–Crippen MR) is 96.0 cm³/mol. The minimum absolute atomic E-state index is 0.0304. The zero-order valence-corrected chi connectivity index (χ0v) is 15.5. The van der Waals surface area contributed by atoms with Gasteiger partial charge in [-0.2, -0.15) is 0 Å². The molecule has 0 saturated carbocycles. The van der Waals surface area contributed by atoms with Crippen molar-refractivity contribution in [3.05, 3.63) is 23.8 Å². The van der Waals surface area contributed by atoms with Crippen LogP contribution in [0.4, 0.5) is 0 Å². The smallest absolute Gasteiger partial charge is 0.245 e. The van der Waals surface area contributed by atoms with E-state index in [-0.39, 0.29) is 30.6 Å². The Labute approximate surface area is 146 Å². The van der Waals surface area contributed by atoms with E-state index >= 15 is 0 Å². The lowest BCUT2D eigenvalue weighted by molar-refractivity contribution is -0.131. The van der Waals surface area contributed by atoms with Gasteiger partial charge in [0.2, 0.25) is 5.91 Å². The van der Waals surface area contributed by atoms with Crippen LogP contribution in [0.3, 0.4) is 0 Å². The number of hydrogen-bond donors (Lipinski definition) is 1. The molecule has 0 aromatic carbocycles. The molecular formula is C19H33NO4. The van der Waals surface area contributed by atoms with Gasteiger partial charge < -0.3 is 19.5 Å². The summed E-state index contributed by atoms with van der Waals surface area (Å²) in [5.74, 6) is -0.0275. The minimum atomic E-state index is -0.221. The topological polar surface area (TPSA) is 56.8 Å². The Hall–Kier alpha value is -1.17. The van der Waals surface area contributed by atoms with Crippen LogP contribution in [0.2, 0.25) is 0 Å². The van der Waals surface area contributed by atoms with Gasteiger partial charge in [-0.25, -0.2) is 0 Å². The summed E-state index contributed by atoms with van der Waals surface area (Å²) in [7, 11) is 3.29. The first kappa shape index (κ1) is 20.9. The van der Waals surface area contributed by atoms with Crippen molar-refractivity contribution in [1.82, 2.24) is 5.32 Å². The predicted octanol–water partition coefficient (Wildman–Crippen LogP) is 2.86. The van der Waals surface area contributed by atoms with Crippen molar-refractivity contribution in [2.24, 2.45) is 5.92 Å². The van der Waals surface area contributed by atoms with Crippen LogP contribution in [0.5, 0.6) is 0 Å². The number of methoxy groups -OCH3 is 1. The fraction of sp³-hybridized carbons (Fsp3) is 0.737. The second kappa shape index (κ2) is 12.2. The van der Waals surface area contributed by atoms with E-state index in [2.05, 4.69) is 37.4 Å². The molecule has 0 aromatic heterocycles. The normalized spacial score (nSPS) is 30.7. The van der Waals surface area contributed by atoms with E-state index in [9.17, 15) is 4.79 Å². The van der Waals surface area contributed by atoms with Crippen molar-refractivity contribution in [2.45, 2.75) is 51.7 Å². The quantitative estimate of drug-likeness (QED) is 0.800. The highest BCUT2D eigenvalue weighted by atomic mass is 16.5. The lowest BCUT2D eigenvalue weighted by Crippen LogP contribution is -2.37. The molecule has 1 aliphatic heterocycles. The molecular weight excluding hydrogens is 306 g/mol. The Morgan fingerprint density at radius 3 is 2.88 bits per heavy atom. The number of likely N-dealkylation sites (N-methyl/N-ethyl adjacent to an activating group) is 1. The van der Waals surface area contributed by atoms with Gasteiger partial charge in [0.05, 0.1) is 12.7 Å². The highest BCUT2D eigenvalue weighted by molar-refractivity contribution is 5.76. The van der Waals surface area contributed by atoms with Crippen molar-refractivity contribution in [3.8, 4) is 0 Å². The van der Waals surface area contributed by atoms with Crippen LogP contribution in [-0.4, -0.2) is 52.1 Å². The summed E-state index contributed by atoms with van der Waals surface area (Å²) in [6, 6.07) is 0. The van der Waals surface area contributed by atoms with E-state index in [1.807, 2.05) is 0 Å². The molecule has 138 valence electrons. The molecule has 1 aliphatic rings. The molecule has 0 saturated heterocycles. The summed E-state index contributed by atoms with van der Waals surface area (Å²) in [4.78, 5) is 11.6. The molecule has 1 heterocycles. The van der Waals surface area contributed by atoms with Crippen LogP contribution in [0.25, 0.3) is 0 Å². The first-order valence-corrected chi connectivity index (χ1v) is 8.85. The maximum Gasteiger partial charge on any atom is 0.245 e. The van der Waals surface area contributed by atoms with Crippen molar-refractivity contribution < 1.29 is 19.0 Å². The molecule has 24 heavy (non-hydrogen) atoms. The molecule has 0 radical (unpaired) electrons. The van der Waals surface area contributed by atoms with Gasteiger partial charge in [-0.15, -0.1) is 0 Å². The van der Waals surface area contributed by atoms with Gasteiger partial charge in [0.25, 0.3) is 0 Å². The summed E-state index contributed by atoms with van der Waals surface area (Å²) in [6.45, 7) is 5.63. The van der Waals surface area contributed by atoms with E-state index in [4.69, 9.17) is 14.2 Å². The molecule has 1 amide bonds. The van der Waals surface area contributed by atoms with Gasteiger partial charge in [-0.05, 0) is 26.2 Å². The third-order valence-corrected chi connectivity index (χ3v) is 4.16. The van der Waals surface area contributed by atoms with Gasteiger partial charge >= 0.3 is 0 Å². The van der Waals surface area contributed by atoms with Gasteiger partial charge in [0, 0.05) is 26.7 Å². The maximum atomic E-state index is 11.6. The van der Waals surface area contributed by atoms with Gasteiger partial charge in [0.15, 0.2) is 0 Å². The second-order valence-corrected chi connectivity index (χ2v) is 6.35. The summed E-state index contributed by atoms with van der Waals surface area (Å²) >= 11 is 0. The highest BCUT2D eigenvalue weighted by Crippen LogP contribution is 2.19. The summed E-state index contributed by atoms with van der Waals surface area (Å²) in [5.41, 5.74) is 1.17. The average Bonchev–Trinajstić information content (AvgIpc) is 2.57. The van der Waals surface area contributed by atoms with Crippen molar-refractivity contribution in [2.75, 3.05) is 34.0 Å². The van der Waals surface area contributed by atoms with Crippen LogP contribution in [0.15, 0.2) is 23.8 Å². The first-order chi connectivity index (χ1) is 11.6. The molecule has 1 N–H and O–H groups in total. The monoisotopic (exact) mass is 339 g/mol. The third kappa shape index (κ3) is 8.08. The number of ether oxygens (including phenoxy) is 3. The Morgan fingerprint density at radius 1 is 1.38 bits per heavy atom. The number of hydrogen-bond acceptors (Lipinski definition) is 4. The Kier molecular flexibility index (Phi) is 10.6. The lowest BCUT2D eigenvalue weighted by Gasteiger charge is -2.28. The number of carbonyl (C=O) groups is 1. The van der Waals surface area contributed by atoms with Crippen molar-refractivity contribution in [1.29, 1.82) is 0 Å². The van der Waals surface area contributed by atoms with Gasteiger partial charge in [-0.1, -0.05) is 37.1 Å². The molecule has 0 bridgehead atoms. The second-order valence-electron chi connectivity index (χ2n) is 6.35. The zero-order chi connectivity index (χ0) is 17.8. The Balaban J connectivity index is 2.89. The summed E-state index contributed by atoms with van der Waals surface area (Å²) in [6.07, 6.45) is 10.4. The van der Waals surface area contributed by atoms with Crippen molar-refractivity contribution in [3.63, 3.8) is 0 Å². The number of amides is 1. The molecule has 0 unspecified atom stereocenters. The van der Waals surface area contributed by atoms with E-state index in [1.54, 1.807) is 14.2 Å². The molecule has 0 aromatic rings. The average molecular weight is 339 g/mol. The molecule has 0 aliphatic carbocycles. The molecule has 3 atom stereocenters. The SMILES string of the molecule is CNC(=O)CO[C@H]1[C@H](C)/C=C(/C)COCCCCC/C=C/[C@@H]1OC. The number of allylic oxidation sites excluding steroid dienone is 1. The molecule has 0 fully saturated rings. The molecule has 5 heteroatoms. The van der Waals surface area contributed by atoms with Gasteiger partial charge in [-0.3, -0.25) is 4.79 Å². The fourth-order valence-corrected chi connectivity index (χ4v) is 2.81. The molecule has 5 nitrogen and oxygen atoms in total. The van der Waals surface area contributed by atoms with Crippen LogP contribution in [0, 0.1) is 5.92 Å². The van der Waals surface area contributed by atoms with E-state index in [1.165, 1.54) is 5.57 Å². The van der Waals surface area contributed by atoms with Crippen LogP contribution < -0.4 is 5.32 Å². The molecule has 1 rings (SSSR count). The molecule has 0 spiro atoms. The van der Waals surface area contributed by atoms with E-state index in [0.29, 0.717) is 6.61 Å². The van der Waals surface area contributed by atoms with Crippen LogP contribution in [0.1, 0.15) is 39.5 Å². The van der Waals surface area contributed by atoms with E-state index < -0.39 is 0 Å². The fourth-order valence-electron chi connectivity index (χ4n) is 2.81. The van der Waals surface area contributed by atoms with Crippen LogP contribution in [-0.2, 0) is 19.0 Å². The number of nitrogens with one attached hydrogen (secondary N) is 1. The van der Waals surface area contributed by atoms with Crippen molar-refractivity contribution >= 4 is 5.91 Å². The highest BCUT2D eigenvalue weighted by Gasteiger charge is 2.26. The number of rotatable bonds is 4. The third-order valence-electron chi connectivity index (χ3n) is 4.16.